The Labute approximate surface area is 233 Å². The largest absolute Gasteiger partial charge is 0.497 e. The normalized spacial score (nSPS) is 18.6. The highest BCUT2D eigenvalue weighted by Gasteiger charge is 2.39. The smallest absolute Gasteiger partial charge is 0.262 e. The van der Waals surface area contributed by atoms with E-state index in [1.54, 1.807) is 19.2 Å². The molecule has 0 bridgehead atoms. The summed E-state index contributed by atoms with van der Waals surface area (Å²) in [5, 5.41) is 8.87. The van der Waals surface area contributed by atoms with E-state index in [0.29, 0.717) is 17.3 Å². The van der Waals surface area contributed by atoms with E-state index in [4.69, 9.17) is 26.2 Å². The average Bonchev–Trinajstić information content (AvgIpc) is 3.54. The van der Waals surface area contributed by atoms with E-state index in [-0.39, 0.29) is 17.5 Å². The van der Waals surface area contributed by atoms with Crippen molar-refractivity contribution in [1.82, 2.24) is 5.01 Å². The number of thioether (sulfide) groups is 1. The van der Waals surface area contributed by atoms with Crippen molar-refractivity contribution in [2.24, 2.45) is 10.1 Å². The molecule has 0 fully saturated rings. The molecule has 1 N–H and O–H groups in total. The SMILES string of the molecule is COc1ccc(C2=NN(C3=NC(=O)[C@@H](CC(=O)Nc4ccc(F)c(Cl)c4)S3)[C@@H](c3ccc(OC)cc3)C2)cc1. The lowest BCUT2D eigenvalue weighted by Gasteiger charge is -2.23. The third-order valence-corrected chi connectivity index (χ3v) is 7.76. The van der Waals surface area contributed by atoms with Gasteiger partial charge in [-0.3, -0.25) is 9.59 Å². The lowest BCUT2D eigenvalue weighted by molar-refractivity contribution is -0.121. The van der Waals surface area contributed by atoms with Gasteiger partial charge in [-0.1, -0.05) is 35.5 Å². The minimum absolute atomic E-state index is 0.103. The highest BCUT2D eigenvalue weighted by molar-refractivity contribution is 8.15. The molecule has 39 heavy (non-hydrogen) atoms. The van der Waals surface area contributed by atoms with E-state index in [1.807, 2.05) is 48.5 Å². The van der Waals surface area contributed by atoms with Gasteiger partial charge in [0.1, 0.15) is 22.6 Å². The number of hydrogen-bond donors (Lipinski definition) is 1. The molecule has 3 aromatic carbocycles. The van der Waals surface area contributed by atoms with Crippen LogP contribution in [0.2, 0.25) is 5.02 Å². The maximum absolute atomic E-state index is 13.4. The molecular formula is C28H24ClFN4O4S. The van der Waals surface area contributed by atoms with Crippen LogP contribution in [0.15, 0.2) is 76.8 Å². The van der Waals surface area contributed by atoms with Gasteiger partial charge >= 0.3 is 0 Å². The number of nitrogens with zero attached hydrogens (tertiary/aromatic N) is 3. The minimum Gasteiger partial charge on any atom is -0.497 e. The summed E-state index contributed by atoms with van der Waals surface area (Å²) >= 11 is 7.00. The second-order valence-electron chi connectivity index (χ2n) is 8.83. The van der Waals surface area contributed by atoms with Crippen LogP contribution < -0.4 is 14.8 Å². The van der Waals surface area contributed by atoms with E-state index >= 15 is 0 Å². The summed E-state index contributed by atoms with van der Waals surface area (Å²) in [7, 11) is 3.22. The van der Waals surface area contributed by atoms with Crippen molar-refractivity contribution in [1.29, 1.82) is 0 Å². The zero-order valence-corrected chi connectivity index (χ0v) is 22.6. The molecule has 2 amide bonds. The van der Waals surface area contributed by atoms with Gasteiger partial charge in [-0.05, 0) is 65.7 Å². The van der Waals surface area contributed by atoms with Gasteiger partial charge in [-0.2, -0.15) is 10.1 Å². The number of aliphatic imine (C=N–C) groups is 1. The minimum atomic E-state index is -0.715. The summed E-state index contributed by atoms with van der Waals surface area (Å²) < 4.78 is 24.0. The van der Waals surface area contributed by atoms with Gasteiger partial charge in [0.25, 0.3) is 5.91 Å². The summed E-state index contributed by atoms with van der Waals surface area (Å²) in [6.07, 6.45) is 0.477. The van der Waals surface area contributed by atoms with E-state index in [2.05, 4.69) is 10.3 Å². The van der Waals surface area contributed by atoms with E-state index in [9.17, 15) is 14.0 Å². The Morgan fingerprint density at radius 3 is 2.38 bits per heavy atom. The molecule has 0 aromatic heterocycles. The molecule has 8 nitrogen and oxygen atoms in total. The Bertz CT molecular complexity index is 1460. The third kappa shape index (κ3) is 5.91. The topological polar surface area (TPSA) is 92.6 Å². The predicted octanol–water partition coefficient (Wildman–Crippen LogP) is 5.67. The molecule has 0 radical (unpaired) electrons. The molecule has 2 aliphatic rings. The number of carbonyl (C=O) groups is 2. The van der Waals surface area contributed by atoms with Gasteiger partial charge in [-0.15, -0.1) is 0 Å². The second-order valence-corrected chi connectivity index (χ2v) is 10.4. The van der Waals surface area contributed by atoms with Crippen LogP contribution in [0, 0.1) is 5.82 Å². The van der Waals surface area contributed by atoms with Gasteiger partial charge in [0.2, 0.25) is 5.91 Å². The van der Waals surface area contributed by atoms with Crippen molar-refractivity contribution >= 4 is 51.7 Å². The molecule has 200 valence electrons. The van der Waals surface area contributed by atoms with Crippen LogP contribution in [0.25, 0.3) is 0 Å². The first-order valence-corrected chi connectivity index (χ1v) is 13.3. The molecule has 3 aromatic rings. The van der Waals surface area contributed by atoms with Gasteiger partial charge in [0.15, 0.2) is 5.17 Å². The number of methoxy groups -OCH3 is 2. The third-order valence-electron chi connectivity index (χ3n) is 6.33. The van der Waals surface area contributed by atoms with Crippen LogP contribution in [0.4, 0.5) is 10.1 Å². The summed E-state index contributed by atoms with van der Waals surface area (Å²) in [5.41, 5.74) is 3.09. The van der Waals surface area contributed by atoms with E-state index < -0.39 is 22.9 Å². The van der Waals surface area contributed by atoms with Crippen LogP contribution >= 0.6 is 23.4 Å². The number of rotatable bonds is 7. The molecule has 2 aliphatic heterocycles. The number of amides is 2. The lowest BCUT2D eigenvalue weighted by atomic mass is 9.98. The second kappa shape index (κ2) is 11.5. The standard InChI is InChI=1S/C28H24ClFN4O4S/c1-37-19-8-3-16(4-9-19)23-14-24(17-5-10-20(38-2)11-6-17)34(33-23)28-32-27(36)25(39-28)15-26(35)31-18-7-12-22(30)21(29)13-18/h3-13,24-25H,14-15H2,1-2H3,(H,31,35)/t24-,25-/m1/s1. The Kier molecular flexibility index (Phi) is 7.85. The molecular weight excluding hydrogens is 543 g/mol. The van der Waals surface area contributed by atoms with Gasteiger partial charge in [0.05, 0.1) is 31.0 Å². The number of carbonyl (C=O) groups excluding carboxylic acids is 2. The molecule has 0 saturated carbocycles. The number of hydrogen-bond acceptors (Lipinski definition) is 7. The van der Waals surface area contributed by atoms with Gasteiger partial charge in [0, 0.05) is 18.5 Å². The number of amidine groups is 1. The van der Waals surface area contributed by atoms with Crippen LogP contribution in [0.3, 0.4) is 0 Å². The molecule has 11 heteroatoms. The Morgan fingerprint density at radius 1 is 1.08 bits per heavy atom. The molecule has 2 heterocycles. The Hall–Kier alpha value is -3.89. The predicted molar refractivity (Wildman–Crippen MR) is 150 cm³/mol. The zero-order chi connectivity index (χ0) is 27.5. The summed E-state index contributed by atoms with van der Waals surface area (Å²) in [6.45, 7) is 0. The fourth-order valence-corrected chi connectivity index (χ4v) is 5.53. The van der Waals surface area contributed by atoms with Crippen LogP contribution in [0.5, 0.6) is 11.5 Å². The molecule has 5 rings (SSSR count). The Balaban J connectivity index is 1.35. The monoisotopic (exact) mass is 566 g/mol. The number of halogens is 2. The van der Waals surface area contributed by atoms with Gasteiger partial charge in [-0.25, -0.2) is 9.40 Å². The quantitative estimate of drug-likeness (QED) is 0.396. The highest BCUT2D eigenvalue weighted by atomic mass is 35.5. The molecule has 0 saturated heterocycles. The number of ether oxygens (including phenoxy) is 2. The molecule has 2 atom stereocenters. The van der Waals surface area contributed by atoms with Crippen molar-refractivity contribution in [2.45, 2.75) is 24.1 Å². The molecule has 0 spiro atoms. The number of nitrogens with one attached hydrogen (secondary N) is 1. The summed E-state index contributed by atoms with van der Waals surface area (Å²) in [6, 6.07) is 19.0. The van der Waals surface area contributed by atoms with Gasteiger partial charge < -0.3 is 14.8 Å². The fraction of sp³-hybridized carbons (Fsp3) is 0.214. The summed E-state index contributed by atoms with van der Waals surface area (Å²) in [4.78, 5) is 29.7. The maximum Gasteiger partial charge on any atom is 0.262 e. The van der Waals surface area contributed by atoms with Crippen LogP contribution in [-0.2, 0) is 9.59 Å². The first-order chi connectivity index (χ1) is 18.8. The van der Waals surface area contributed by atoms with E-state index in [1.165, 1.54) is 30.0 Å². The van der Waals surface area contributed by atoms with Crippen molar-refractivity contribution in [2.75, 3.05) is 19.5 Å². The molecule has 0 aliphatic carbocycles. The number of anilines is 1. The Morgan fingerprint density at radius 2 is 1.74 bits per heavy atom. The zero-order valence-electron chi connectivity index (χ0n) is 21.1. The first kappa shape index (κ1) is 26.7. The van der Waals surface area contributed by atoms with Crippen molar-refractivity contribution in [3.05, 3.63) is 88.7 Å². The lowest BCUT2D eigenvalue weighted by Crippen LogP contribution is -2.25. The first-order valence-electron chi connectivity index (χ1n) is 12.0. The van der Waals surface area contributed by atoms with Crippen molar-refractivity contribution in [3.8, 4) is 11.5 Å². The number of hydrazone groups is 1. The maximum atomic E-state index is 13.4. The van der Waals surface area contributed by atoms with E-state index in [0.717, 1.165) is 28.3 Å². The summed E-state index contributed by atoms with van der Waals surface area (Å²) in [5.74, 6) is 0.0716. The molecule has 0 unspecified atom stereocenters. The van der Waals surface area contributed by atoms with Crippen molar-refractivity contribution in [3.63, 3.8) is 0 Å². The van der Waals surface area contributed by atoms with Crippen LogP contribution in [-0.4, -0.2) is 47.2 Å². The van der Waals surface area contributed by atoms with Crippen molar-refractivity contribution < 1.29 is 23.5 Å². The van der Waals surface area contributed by atoms with Crippen LogP contribution in [0.1, 0.15) is 30.0 Å². The average molecular weight is 567 g/mol. The fourth-order valence-electron chi connectivity index (χ4n) is 4.29. The highest BCUT2D eigenvalue weighted by Crippen LogP contribution is 2.39. The number of benzene rings is 3.